The Hall–Kier alpha value is -4.69. The normalized spacial score (nSPS) is 15.3. The van der Waals surface area contributed by atoms with Crippen molar-refractivity contribution in [3.8, 4) is 0 Å². The minimum absolute atomic E-state index is 0.106. The molecule has 6 rings (SSSR count). The molecule has 0 saturated heterocycles. The Labute approximate surface area is 249 Å². The first-order valence-corrected chi connectivity index (χ1v) is 14.4. The highest BCUT2D eigenvalue weighted by atomic mass is 16.6. The van der Waals surface area contributed by atoms with Crippen molar-refractivity contribution in [1.29, 1.82) is 0 Å². The standard InChI is InChI=1S/C35H34N2O6/c1-20-10-12-27(21(2)16-20)32(25-8-6-5-7-9-25)36-30(38)18-24-11-13-28-26(17-24)19-29(41-28)33(31-22(3)37-43-23(31)4)42-35(14-15-35)34(39)40/h5-13,16-17,19,32-33H,14-15,18H2,1-4H3,(H,36,38)(H,39,40)/t32-,33-/m0/s1. The number of amides is 1. The third kappa shape index (κ3) is 5.70. The zero-order valence-electron chi connectivity index (χ0n) is 24.6. The van der Waals surface area contributed by atoms with Crippen molar-refractivity contribution < 1.29 is 28.4 Å². The van der Waals surface area contributed by atoms with E-state index in [4.69, 9.17) is 13.7 Å². The van der Waals surface area contributed by atoms with Gasteiger partial charge in [0.05, 0.1) is 23.7 Å². The predicted molar refractivity (Wildman–Crippen MR) is 161 cm³/mol. The Morgan fingerprint density at radius 2 is 1.77 bits per heavy atom. The number of carbonyl (C=O) groups is 2. The minimum atomic E-state index is -1.26. The summed E-state index contributed by atoms with van der Waals surface area (Å²) in [6.07, 6.45) is 0.228. The molecule has 1 aliphatic rings. The Bertz CT molecular complexity index is 1800. The summed E-state index contributed by atoms with van der Waals surface area (Å²) in [7, 11) is 0. The number of carboxylic acids is 1. The predicted octanol–water partition coefficient (Wildman–Crippen LogP) is 6.83. The average molecular weight is 579 g/mol. The molecular weight excluding hydrogens is 544 g/mol. The van der Waals surface area contributed by atoms with E-state index in [0.717, 1.165) is 27.6 Å². The summed E-state index contributed by atoms with van der Waals surface area (Å²) in [5.74, 6) is -0.106. The second kappa shape index (κ2) is 11.2. The van der Waals surface area contributed by atoms with E-state index in [0.29, 0.717) is 41.2 Å². The summed E-state index contributed by atoms with van der Waals surface area (Å²) in [4.78, 5) is 25.4. The molecule has 8 heteroatoms. The molecule has 1 saturated carbocycles. The summed E-state index contributed by atoms with van der Waals surface area (Å²) in [5.41, 5.74) is 5.80. The molecule has 0 radical (unpaired) electrons. The molecule has 43 heavy (non-hydrogen) atoms. The van der Waals surface area contributed by atoms with Gasteiger partial charge in [-0.3, -0.25) is 4.79 Å². The van der Waals surface area contributed by atoms with Gasteiger partial charge in [-0.15, -0.1) is 0 Å². The smallest absolute Gasteiger partial charge is 0.336 e. The largest absolute Gasteiger partial charge is 0.479 e. The van der Waals surface area contributed by atoms with Gasteiger partial charge in [-0.05, 0) is 81.0 Å². The van der Waals surface area contributed by atoms with Crippen LogP contribution in [0, 0.1) is 27.7 Å². The number of carboxylic acid groups (broad SMARTS) is 1. The van der Waals surface area contributed by atoms with Crippen molar-refractivity contribution in [3.63, 3.8) is 0 Å². The van der Waals surface area contributed by atoms with E-state index in [-0.39, 0.29) is 18.4 Å². The number of hydrogen-bond acceptors (Lipinski definition) is 6. The zero-order chi connectivity index (χ0) is 30.3. The van der Waals surface area contributed by atoms with Crippen LogP contribution < -0.4 is 5.32 Å². The molecule has 220 valence electrons. The summed E-state index contributed by atoms with van der Waals surface area (Å²) in [6, 6.07) is 23.4. The summed E-state index contributed by atoms with van der Waals surface area (Å²) < 4.78 is 17.8. The van der Waals surface area contributed by atoms with Crippen LogP contribution in [0.15, 0.2) is 81.7 Å². The maximum Gasteiger partial charge on any atom is 0.336 e. The van der Waals surface area contributed by atoms with Crippen LogP contribution in [0.4, 0.5) is 0 Å². The number of furan rings is 1. The lowest BCUT2D eigenvalue weighted by Gasteiger charge is -2.22. The number of aryl methyl sites for hydroxylation is 4. The number of ether oxygens (including phenoxy) is 1. The number of aromatic nitrogens is 1. The molecule has 1 fully saturated rings. The number of nitrogens with one attached hydrogen (secondary N) is 1. The third-order valence-corrected chi connectivity index (χ3v) is 8.19. The molecule has 0 bridgehead atoms. The maximum absolute atomic E-state index is 13.4. The van der Waals surface area contributed by atoms with Gasteiger partial charge in [0.2, 0.25) is 5.91 Å². The molecule has 5 aromatic rings. The quantitative estimate of drug-likeness (QED) is 0.187. The van der Waals surface area contributed by atoms with E-state index in [1.807, 2.05) is 54.6 Å². The average Bonchev–Trinajstić information content (AvgIpc) is 3.54. The van der Waals surface area contributed by atoms with Crippen LogP contribution in [0.3, 0.4) is 0 Å². The fourth-order valence-corrected chi connectivity index (χ4v) is 5.73. The maximum atomic E-state index is 13.4. The van der Waals surface area contributed by atoms with Crippen molar-refractivity contribution in [1.82, 2.24) is 10.5 Å². The van der Waals surface area contributed by atoms with Gasteiger partial charge >= 0.3 is 5.97 Å². The molecule has 2 heterocycles. The fraction of sp³-hybridized carbons (Fsp3) is 0.286. The number of fused-ring (bicyclic) bond motifs is 1. The topological polar surface area (TPSA) is 115 Å². The SMILES string of the molecule is Cc1ccc([C@@H](NC(=O)Cc2ccc3oc([C@H](OC4(C(=O)O)CC4)c4c(C)noc4C)cc3c2)c2ccccc2)c(C)c1. The van der Waals surface area contributed by atoms with Gasteiger partial charge in [0.25, 0.3) is 0 Å². The second-order valence-corrected chi connectivity index (χ2v) is 11.5. The molecule has 0 aliphatic heterocycles. The van der Waals surface area contributed by atoms with Gasteiger partial charge in [-0.2, -0.15) is 0 Å². The Morgan fingerprint density at radius 1 is 1.00 bits per heavy atom. The summed E-state index contributed by atoms with van der Waals surface area (Å²) in [6.45, 7) is 7.69. The summed E-state index contributed by atoms with van der Waals surface area (Å²) in [5, 5.41) is 17.9. The van der Waals surface area contributed by atoms with Crippen LogP contribution in [0.1, 0.15) is 75.6 Å². The molecule has 0 unspecified atom stereocenters. The minimum Gasteiger partial charge on any atom is -0.479 e. The van der Waals surface area contributed by atoms with Crippen molar-refractivity contribution >= 4 is 22.8 Å². The lowest BCUT2D eigenvalue weighted by atomic mass is 9.93. The van der Waals surface area contributed by atoms with Gasteiger partial charge in [-0.1, -0.05) is 65.3 Å². The van der Waals surface area contributed by atoms with Crippen LogP contribution in [0.2, 0.25) is 0 Å². The van der Waals surface area contributed by atoms with Crippen LogP contribution in [0.25, 0.3) is 11.0 Å². The molecule has 3 aromatic carbocycles. The Morgan fingerprint density at radius 3 is 2.42 bits per heavy atom. The lowest BCUT2D eigenvalue weighted by molar-refractivity contribution is -0.157. The van der Waals surface area contributed by atoms with E-state index < -0.39 is 17.7 Å². The highest BCUT2D eigenvalue weighted by Gasteiger charge is 2.54. The molecule has 2 atom stereocenters. The molecule has 2 aromatic heterocycles. The first kappa shape index (κ1) is 28.4. The second-order valence-electron chi connectivity index (χ2n) is 11.5. The van der Waals surface area contributed by atoms with Crippen molar-refractivity contribution in [2.24, 2.45) is 0 Å². The van der Waals surface area contributed by atoms with Crippen molar-refractivity contribution in [2.75, 3.05) is 0 Å². The monoisotopic (exact) mass is 578 g/mol. The van der Waals surface area contributed by atoms with Crippen LogP contribution in [-0.2, 0) is 20.7 Å². The third-order valence-electron chi connectivity index (χ3n) is 8.19. The molecule has 0 spiro atoms. The highest BCUT2D eigenvalue weighted by molar-refractivity contribution is 5.84. The van der Waals surface area contributed by atoms with E-state index in [1.165, 1.54) is 5.56 Å². The lowest BCUT2D eigenvalue weighted by Crippen LogP contribution is -2.31. The molecule has 1 amide bonds. The molecule has 1 aliphatic carbocycles. The number of hydrogen-bond donors (Lipinski definition) is 2. The van der Waals surface area contributed by atoms with Gasteiger partial charge in [-0.25, -0.2) is 4.79 Å². The number of aliphatic carboxylic acids is 1. The van der Waals surface area contributed by atoms with E-state index in [9.17, 15) is 14.7 Å². The number of benzene rings is 3. The van der Waals surface area contributed by atoms with E-state index in [1.54, 1.807) is 13.8 Å². The first-order valence-electron chi connectivity index (χ1n) is 14.4. The molecule has 8 nitrogen and oxygen atoms in total. The fourth-order valence-electron chi connectivity index (χ4n) is 5.73. The number of nitrogens with zero attached hydrogens (tertiary/aromatic N) is 1. The molecule has 2 N–H and O–H groups in total. The van der Waals surface area contributed by atoms with Crippen LogP contribution >= 0.6 is 0 Å². The van der Waals surface area contributed by atoms with Gasteiger partial charge in [0.1, 0.15) is 23.2 Å². The number of rotatable bonds is 10. The number of carbonyl (C=O) groups excluding carboxylic acids is 1. The van der Waals surface area contributed by atoms with Crippen LogP contribution in [0.5, 0.6) is 0 Å². The zero-order valence-corrected chi connectivity index (χ0v) is 24.6. The van der Waals surface area contributed by atoms with Crippen molar-refractivity contribution in [2.45, 2.75) is 64.7 Å². The van der Waals surface area contributed by atoms with Crippen LogP contribution in [-0.4, -0.2) is 27.7 Å². The van der Waals surface area contributed by atoms with E-state index >= 15 is 0 Å². The van der Waals surface area contributed by atoms with Gasteiger partial charge in [0, 0.05) is 5.39 Å². The first-order chi connectivity index (χ1) is 20.6. The summed E-state index contributed by atoms with van der Waals surface area (Å²) >= 11 is 0. The highest BCUT2D eigenvalue weighted by Crippen LogP contribution is 2.47. The Kier molecular flexibility index (Phi) is 7.40. The molecular formula is C35H34N2O6. The Balaban J connectivity index is 1.27. The van der Waals surface area contributed by atoms with E-state index in [2.05, 4.69) is 42.5 Å². The van der Waals surface area contributed by atoms with Gasteiger partial charge in [0.15, 0.2) is 5.60 Å². The van der Waals surface area contributed by atoms with Crippen molar-refractivity contribution in [3.05, 3.63) is 123 Å². The van der Waals surface area contributed by atoms with Gasteiger partial charge < -0.3 is 24.1 Å².